The normalized spacial score (nSPS) is 24.0. The molecular weight excluding hydrogens is 182 g/mol. The molecule has 1 atom stereocenters. The quantitative estimate of drug-likeness (QED) is 0.493. The van der Waals surface area contributed by atoms with Gasteiger partial charge in [0.25, 0.3) is 10.1 Å². The maximum absolute atomic E-state index is 10.5. The summed E-state index contributed by atoms with van der Waals surface area (Å²) < 4.78 is 29.6. The van der Waals surface area contributed by atoms with E-state index < -0.39 is 26.8 Å². The van der Waals surface area contributed by atoms with Crippen LogP contribution in [0.3, 0.4) is 0 Å². The summed E-state index contributed by atoms with van der Waals surface area (Å²) in [5.74, 6) is 0. The second-order valence-corrected chi connectivity index (χ2v) is 3.64. The molecule has 0 aliphatic heterocycles. The average Bonchev–Trinajstić information content (AvgIpc) is 1.92. The Morgan fingerprint density at radius 2 is 2.08 bits per heavy atom. The van der Waals surface area contributed by atoms with Gasteiger partial charge in [0.05, 0.1) is 5.71 Å². The largest absolute Gasteiger partial charge is 0.383 e. The van der Waals surface area contributed by atoms with E-state index in [1.807, 2.05) is 0 Å². The van der Waals surface area contributed by atoms with Crippen LogP contribution in [0.2, 0.25) is 0 Å². The zero-order chi connectivity index (χ0) is 9.35. The number of hydrogen-bond acceptors (Lipinski definition) is 4. The van der Waals surface area contributed by atoms with E-state index in [1.165, 1.54) is 12.2 Å². The Kier molecular flexibility index (Phi) is 2.14. The van der Waals surface area contributed by atoms with Crippen LogP contribution in [0.25, 0.3) is 0 Å². The molecule has 5 nitrogen and oxygen atoms in total. The van der Waals surface area contributed by atoms with Crippen molar-refractivity contribution in [2.45, 2.75) is 6.10 Å². The molecule has 0 aromatic carbocycles. The lowest BCUT2D eigenvalue weighted by Crippen LogP contribution is -2.25. The molecule has 12 heavy (non-hydrogen) atoms. The Labute approximate surface area is 69.3 Å². The van der Waals surface area contributed by atoms with Gasteiger partial charge in [-0.05, 0) is 6.08 Å². The van der Waals surface area contributed by atoms with Crippen molar-refractivity contribution in [2.24, 2.45) is 0 Å². The van der Waals surface area contributed by atoms with Crippen molar-refractivity contribution in [1.82, 2.24) is 0 Å². The fourth-order valence-electron chi connectivity index (χ4n) is 0.805. The minimum atomic E-state index is -4.38. The average molecular weight is 189 g/mol. The number of allylic oxidation sites excluding steroid dienone is 2. The third-order valence-corrected chi connectivity index (χ3v) is 2.29. The number of aliphatic hydroxyl groups excluding tert-OH is 1. The zero-order valence-corrected chi connectivity index (χ0v) is 6.75. The minimum absolute atomic E-state index is 0.514. The van der Waals surface area contributed by atoms with Gasteiger partial charge in [0.1, 0.15) is 11.0 Å². The first-order chi connectivity index (χ1) is 5.43. The van der Waals surface area contributed by atoms with Gasteiger partial charge in [-0.2, -0.15) is 8.42 Å². The van der Waals surface area contributed by atoms with Crippen molar-refractivity contribution in [3.05, 3.63) is 23.1 Å². The molecule has 0 spiro atoms. The van der Waals surface area contributed by atoms with E-state index in [-0.39, 0.29) is 0 Å². The lowest BCUT2D eigenvalue weighted by atomic mass is 10.1. The Hall–Kier alpha value is -0.980. The summed E-state index contributed by atoms with van der Waals surface area (Å²) in [5, 5.41) is 16.1. The molecule has 66 valence electrons. The van der Waals surface area contributed by atoms with E-state index in [9.17, 15) is 8.42 Å². The van der Waals surface area contributed by atoms with Gasteiger partial charge >= 0.3 is 0 Å². The smallest absolute Gasteiger partial charge is 0.296 e. The summed E-state index contributed by atoms with van der Waals surface area (Å²) in [4.78, 5) is -0.558. The molecule has 3 N–H and O–H groups in total. The van der Waals surface area contributed by atoms with Crippen LogP contribution >= 0.6 is 0 Å². The highest BCUT2D eigenvalue weighted by atomic mass is 32.2. The van der Waals surface area contributed by atoms with Gasteiger partial charge in [-0.1, -0.05) is 12.2 Å². The first-order valence-electron chi connectivity index (χ1n) is 3.06. The molecule has 1 unspecified atom stereocenters. The van der Waals surface area contributed by atoms with Crippen molar-refractivity contribution in [3.8, 4) is 0 Å². The van der Waals surface area contributed by atoms with Crippen LogP contribution < -0.4 is 0 Å². The van der Waals surface area contributed by atoms with Crippen molar-refractivity contribution in [1.29, 1.82) is 5.41 Å². The molecule has 0 saturated heterocycles. The van der Waals surface area contributed by atoms with Gasteiger partial charge < -0.3 is 10.5 Å². The zero-order valence-electron chi connectivity index (χ0n) is 5.93. The lowest BCUT2D eigenvalue weighted by Gasteiger charge is -2.12. The van der Waals surface area contributed by atoms with Crippen LogP contribution in [0.5, 0.6) is 0 Å². The number of hydrogen-bond donors (Lipinski definition) is 3. The third kappa shape index (κ3) is 1.60. The highest BCUT2D eigenvalue weighted by molar-refractivity contribution is 7.90. The van der Waals surface area contributed by atoms with Crippen molar-refractivity contribution >= 4 is 15.8 Å². The highest BCUT2D eigenvalue weighted by Gasteiger charge is 2.24. The molecule has 0 saturated carbocycles. The van der Waals surface area contributed by atoms with E-state index >= 15 is 0 Å². The van der Waals surface area contributed by atoms with E-state index in [2.05, 4.69) is 0 Å². The molecular formula is C6H7NO4S. The second-order valence-electron chi connectivity index (χ2n) is 2.25. The predicted molar refractivity (Wildman–Crippen MR) is 42.5 cm³/mol. The standard InChI is InChI=1S/C6H7NO4S/c7-6-4(8)2-1-3-5(6)12(9,10)11/h1-4,7-8H,(H,9,10,11). The van der Waals surface area contributed by atoms with Gasteiger partial charge in [-0.15, -0.1) is 0 Å². The van der Waals surface area contributed by atoms with E-state index in [4.69, 9.17) is 15.1 Å². The summed E-state index contributed by atoms with van der Waals surface area (Å²) in [7, 11) is -4.38. The molecule has 0 bridgehead atoms. The maximum atomic E-state index is 10.5. The first kappa shape index (κ1) is 9.11. The van der Waals surface area contributed by atoms with Crippen molar-refractivity contribution in [2.75, 3.05) is 0 Å². The summed E-state index contributed by atoms with van der Waals surface area (Å²) in [6, 6.07) is 0. The molecule has 0 aromatic heterocycles. The van der Waals surface area contributed by atoms with Crippen LogP contribution in [0.15, 0.2) is 23.1 Å². The Morgan fingerprint density at radius 1 is 1.50 bits per heavy atom. The Morgan fingerprint density at radius 3 is 2.50 bits per heavy atom. The number of aliphatic hydroxyl groups is 1. The molecule has 0 amide bonds. The van der Waals surface area contributed by atoms with Crippen LogP contribution in [0.1, 0.15) is 0 Å². The molecule has 0 fully saturated rings. The van der Waals surface area contributed by atoms with Crippen molar-refractivity contribution in [3.63, 3.8) is 0 Å². The van der Waals surface area contributed by atoms with Gasteiger partial charge in [-0.25, -0.2) is 0 Å². The van der Waals surface area contributed by atoms with Crippen LogP contribution in [0, 0.1) is 5.41 Å². The fourth-order valence-corrected chi connectivity index (χ4v) is 1.45. The van der Waals surface area contributed by atoms with Gasteiger partial charge in [0.2, 0.25) is 0 Å². The monoisotopic (exact) mass is 189 g/mol. The summed E-state index contributed by atoms with van der Waals surface area (Å²) in [6.45, 7) is 0. The summed E-state index contributed by atoms with van der Waals surface area (Å²) in [5.41, 5.74) is -0.514. The number of rotatable bonds is 1. The first-order valence-corrected chi connectivity index (χ1v) is 4.50. The van der Waals surface area contributed by atoms with Gasteiger partial charge in [0.15, 0.2) is 0 Å². The van der Waals surface area contributed by atoms with Crippen molar-refractivity contribution < 1.29 is 18.1 Å². The fraction of sp³-hybridized carbons (Fsp3) is 0.167. The molecule has 1 aliphatic carbocycles. The molecule has 1 aliphatic rings. The Bertz CT molecular complexity index is 365. The molecule has 0 heterocycles. The molecule has 1 rings (SSSR count). The topological polar surface area (TPSA) is 98.5 Å². The SMILES string of the molecule is N=C1C(S(=O)(=O)O)=CC=CC1O. The van der Waals surface area contributed by atoms with E-state index in [1.54, 1.807) is 0 Å². The highest BCUT2D eigenvalue weighted by Crippen LogP contribution is 2.13. The second kappa shape index (κ2) is 2.81. The Balaban J connectivity index is 3.16. The van der Waals surface area contributed by atoms with Gasteiger partial charge in [0, 0.05) is 0 Å². The number of nitrogens with one attached hydrogen (secondary N) is 1. The van der Waals surface area contributed by atoms with Crippen LogP contribution in [-0.2, 0) is 10.1 Å². The van der Waals surface area contributed by atoms with E-state index in [0.717, 1.165) is 6.08 Å². The lowest BCUT2D eigenvalue weighted by molar-refractivity contribution is 0.288. The molecule has 0 radical (unpaired) electrons. The molecule has 6 heteroatoms. The van der Waals surface area contributed by atoms with Crippen LogP contribution in [-0.4, -0.2) is 29.9 Å². The molecule has 0 aromatic rings. The summed E-state index contributed by atoms with van der Waals surface area (Å²) >= 11 is 0. The minimum Gasteiger partial charge on any atom is -0.383 e. The summed E-state index contributed by atoms with van der Waals surface area (Å²) in [6.07, 6.45) is 2.32. The predicted octanol–water partition coefficient (Wildman–Crippen LogP) is -0.291. The van der Waals surface area contributed by atoms with Crippen LogP contribution in [0.4, 0.5) is 0 Å². The third-order valence-electron chi connectivity index (χ3n) is 1.38. The van der Waals surface area contributed by atoms with E-state index in [0.29, 0.717) is 0 Å². The van der Waals surface area contributed by atoms with Gasteiger partial charge in [-0.3, -0.25) is 4.55 Å². The maximum Gasteiger partial charge on any atom is 0.296 e.